The molecule has 0 aromatic heterocycles. The van der Waals surface area contributed by atoms with Gasteiger partial charge in [0, 0.05) is 18.7 Å². The van der Waals surface area contributed by atoms with Crippen molar-refractivity contribution in [1.82, 2.24) is 4.90 Å². The van der Waals surface area contributed by atoms with E-state index >= 15 is 0 Å². The van der Waals surface area contributed by atoms with E-state index in [2.05, 4.69) is 5.32 Å². The van der Waals surface area contributed by atoms with E-state index < -0.39 is 17.5 Å². The Morgan fingerprint density at radius 2 is 1.62 bits per heavy atom. The lowest BCUT2D eigenvalue weighted by molar-refractivity contribution is -0.125. The van der Waals surface area contributed by atoms with Crippen LogP contribution in [0.15, 0.2) is 66.7 Å². The lowest BCUT2D eigenvalue weighted by Crippen LogP contribution is -2.56. The highest BCUT2D eigenvalue weighted by Crippen LogP contribution is 2.35. The molecule has 34 heavy (non-hydrogen) atoms. The van der Waals surface area contributed by atoms with Crippen LogP contribution in [0.5, 0.6) is 11.5 Å². The van der Waals surface area contributed by atoms with Crippen LogP contribution >= 0.6 is 0 Å². The second kappa shape index (κ2) is 9.51. The zero-order chi connectivity index (χ0) is 24.3. The van der Waals surface area contributed by atoms with Crippen molar-refractivity contribution in [1.29, 1.82) is 0 Å². The van der Waals surface area contributed by atoms with Crippen LogP contribution in [0.2, 0.25) is 0 Å². The molecule has 176 valence electrons. The Balaban J connectivity index is 1.54. The number of nitrogens with one attached hydrogen (secondary N) is 1. The molecule has 0 saturated carbocycles. The number of likely N-dealkylation sites (tertiary alicyclic amines) is 1. The number of aryl methyl sites for hydroxylation is 1. The van der Waals surface area contributed by atoms with Crippen molar-refractivity contribution < 1.29 is 28.2 Å². The van der Waals surface area contributed by atoms with Crippen molar-refractivity contribution in [2.45, 2.75) is 31.7 Å². The van der Waals surface area contributed by atoms with Gasteiger partial charge in [0.2, 0.25) is 0 Å². The maximum Gasteiger partial charge on any atom is 0.408 e. The Morgan fingerprint density at radius 1 is 1.00 bits per heavy atom. The number of hydrogen-bond acceptors (Lipinski definition) is 3. The average Bonchev–Trinajstić information content (AvgIpc) is 3.24. The molecule has 2 N–H and O–H groups in total. The zero-order valence-electron chi connectivity index (χ0n) is 18.6. The molecule has 0 aliphatic carbocycles. The summed E-state index contributed by atoms with van der Waals surface area (Å²) in [5.41, 5.74) is 0.542. The van der Waals surface area contributed by atoms with Gasteiger partial charge in [0.15, 0.2) is 0 Å². The number of carboxylic acid groups (broad SMARTS) is 1. The number of halogens is 2. The average molecular weight is 466 g/mol. The number of rotatable bonds is 6. The van der Waals surface area contributed by atoms with E-state index in [-0.39, 0.29) is 24.6 Å². The Kier molecular flexibility index (Phi) is 6.49. The van der Waals surface area contributed by atoms with E-state index in [4.69, 9.17) is 4.74 Å². The Bertz CT molecular complexity index is 1200. The Labute approximate surface area is 195 Å². The molecule has 1 heterocycles. The normalized spacial score (nSPS) is 17.4. The number of amides is 2. The summed E-state index contributed by atoms with van der Waals surface area (Å²) in [6, 6.07) is 16.5. The van der Waals surface area contributed by atoms with Gasteiger partial charge < -0.3 is 15.2 Å². The minimum Gasteiger partial charge on any atom is -0.465 e. The number of ether oxygens (including phenoxy) is 1. The third kappa shape index (κ3) is 4.85. The molecule has 1 saturated heterocycles. The number of carbonyl (C=O) groups is 2. The number of anilines is 1. The summed E-state index contributed by atoms with van der Waals surface area (Å²) in [4.78, 5) is 26.7. The van der Waals surface area contributed by atoms with Crippen molar-refractivity contribution in [3.63, 3.8) is 0 Å². The van der Waals surface area contributed by atoms with Crippen LogP contribution in [0.25, 0.3) is 0 Å². The minimum atomic E-state index is -1.31. The molecule has 0 radical (unpaired) electrons. The molecule has 3 aromatic rings. The Hall–Kier alpha value is -3.94. The first-order valence-corrected chi connectivity index (χ1v) is 10.9. The summed E-state index contributed by atoms with van der Waals surface area (Å²) in [6.45, 7) is 1.98. The van der Waals surface area contributed by atoms with Crippen LogP contribution in [0.3, 0.4) is 0 Å². The first kappa shape index (κ1) is 23.2. The lowest BCUT2D eigenvalue weighted by Gasteiger charge is -2.36. The fourth-order valence-corrected chi connectivity index (χ4v) is 4.32. The molecular formula is C26H24F2N2O4. The first-order chi connectivity index (χ1) is 16.3. The first-order valence-electron chi connectivity index (χ1n) is 10.9. The lowest BCUT2D eigenvalue weighted by atomic mass is 9.85. The predicted octanol–water partition coefficient (Wildman–Crippen LogP) is 5.76. The van der Waals surface area contributed by atoms with E-state index in [9.17, 15) is 23.5 Å². The molecule has 1 aliphatic heterocycles. The Morgan fingerprint density at radius 3 is 2.24 bits per heavy atom. The molecular weight excluding hydrogens is 442 g/mol. The van der Waals surface area contributed by atoms with Crippen LogP contribution in [0.4, 0.5) is 19.3 Å². The molecule has 0 bridgehead atoms. The summed E-state index contributed by atoms with van der Waals surface area (Å²) >= 11 is 0. The van der Waals surface area contributed by atoms with Crippen molar-refractivity contribution in [3.8, 4) is 11.5 Å². The van der Waals surface area contributed by atoms with Crippen LogP contribution in [0, 0.1) is 18.6 Å². The van der Waals surface area contributed by atoms with Gasteiger partial charge in [-0.1, -0.05) is 6.07 Å². The molecule has 0 spiro atoms. The van der Waals surface area contributed by atoms with Crippen LogP contribution in [0.1, 0.15) is 24.0 Å². The summed E-state index contributed by atoms with van der Waals surface area (Å²) in [6.07, 6.45) is -0.128. The maximum atomic E-state index is 13.6. The molecule has 1 unspecified atom stereocenters. The highest BCUT2D eigenvalue weighted by Gasteiger charge is 2.50. The molecule has 8 heteroatoms. The third-order valence-corrected chi connectivity index (χ3v) is 6.09. The zero-order valence-corrected chi connectivity index (χ0v) is 18.6. The van der Waals surface area contributed by atoms with Gasteiger partial charge in [-0.25, -0.2) is 13.6 Å². The highest BCUT2D eigenvalue weighted by molar-refractivity contribution is 6.00. The minimum absolute atomic E-state index is 0.142. The molecule has 2 amide bonds. The highest BCUT2D eigenvalue weighted by atomic mass is 19.1. The molecule has 3 aromatic carbocycles. The van der Waals surface area contributed by atoms with Crippen LogP contribution in [-0.2, 0) is 11.2 Å². The van der Waals surface area contributed by atoms with Gasteiger partial charge in [0.1, 0.15) is 28.7 Å². The monoisotopic (exact) mass is 466 g/mol. The van der Waals surface area contributed by atoms with Gasteiger partial charge in [-0.2, -0.15) is 0 Å². The molecule has 1 atom stereocenters. The van der Waals surface area contributed by atoms with Gasteiger partial charge in [-0.05, 0) is 91.6 Å². The summed E-state index contributed by atoms with van der Waals surface area (Å²) in [7, 11) is 0. The van der Waals surface area contributed by atoms with Crippen molar-refractivity contribution in [2.24, 2.45) is 0 Å². The van der Waals surface area contributed by atoms with Crippen molar-refractivity contribution in [3.05, 3.63) is 89.5 Å². The molecule has 1 aliphatic rings. The second-order valence-corrected chi connectivity index (χ2v) is 8.35. The summed E-state index contributed by atoms with van der Waals surface area (Å²) in [5, 5.41) is 12.6. The molecule has 1 fully saturated rings. The van der Waals surface area contributed by atoms with Gasteiger partial charge in [-0.3, -0.25) is 9.69 Å². The fraction of sp³-hybridized carbons (Fsp3) is 0.231. The van der Waals surface area contributed by atoms with Crippen molar-refractivity contribution in [2.75, 3.05) is 11.9 Å². The van der Waals surface area contributed by atoms with Crippen LogP contribution < -0.4 is 10.1 Å². The molecule has 6 nitrogen and oxygen atoms in total. The van der Waals surface area contributed by atoms with Gasteiger partial charge in [0.25, 0.3) is 5.91 Å². The van der Waals surface area contributed by atoms with E-state index in [1.807, 2.05) is 0 Å². The smallest absolute Gasteiger partial charge is 0.408 e. The molecule has 4 rings (SSSR count). The SMILES string of the molecule is Cc1cc(F)ccc1CC1(C(=O)Nc2ccc(Oc3ccc(F)cc3)cc2)CCCN1C(=O)O. The van der Waals surface area contributed by atoms with Crippen molar-refractivity contribution >= 4 is 17.7 Å². The predicted molar refractivity (Wildman–Crippen MR) is 123 cm³/mol. The van der Waals surface area contributed by atoms with E-state index in [1.54, 1.807) is 37.3 Å². The quantitative estimate of drug-likeness (QED) is 0.484. The van der Waals surface area contributed by atoms with E-state index in [0.29, 0.717) is 41.2 Å². The van der Waals surface area contributed by atoms with Gasteiger partial charge >= 0.3 is 6.09 Å². The van der Waals surface area contributed by atoms with Crippen LogP contribution in [-0.4, -0.2) is 34.1 Å². The van der Waals surface area contributed by atoms with Gasteiger partial charge in [-0.15, -0.1) is 0 Å². The second-order valence-electron chi connectivity index (χ2n) is 8.35. The summed E-state index contributed by atoms with van der Waals surface area (Å²) in [5.74, 6) is -0.228. The topological polar surface area (TPSA) is 78.9 Å². The largest absolute Gasteiger partial charge is 0.465 e. The number of nitrogens with zero attached hydrogens (tertiary/aromatic N) is 1. The number of carbonyl (C=O) groups excluding carboxylic acids is 1. The third-order valence-electron chi connectivity index (χ3n) is 6.09. The fourth-order valence-electron chi connectivity index (χ4n) is 4.32. The number of benzene rings is 3. The standard InChI is InChI=1S/C26H24F2N2O4/c1-17-15-20(28)4-3-18(17)16-26(13-2-14-30(26)25(32)33)24(31)29-21-7-11-23(12-8-21)34-22-9-5-19(27)6-10-22/h3-12,15H,2,13-14,16H2,1H3,(H,29,31)(H,32,33). The number of hydrogen-bond donors (Lipinski definition) is 2. The van der Waals surface area contributed by atoms with Gasteiger partial charge in [0.05, 0.1) is 0 Å². The van der Waals surface area contributed by atoms with E-state index in [0.717, 1.165) is 0 Å². The summed E-state index contributed by atoms with van der Waals surface area (Å²) < 4.78 is 32.3. The maximum absolute atomic E-state index is 13.6. The van der Waals surface area contributed by atoms with E-state index in [1.165, 1.54) is 41.3 Å².